The van der Waals surface area contributed by atoms with Crippen LogP contribution in [0.5, 0.6) is 0 Å². The van der Waals surface area contributed by atoms with Crippen LogP contribution in [0.15, 0.2) is 0 Å². The van der Waals surface area contributed by atoms with Crippen molar-refractivity contribution in [1.29, 1.82) is 0 Å². The van der Waals surface area contributed by atoms with Gasteiger partial charge in [0.15, 0.2) is 0 Å². The summed E-state index contributed by atoms with van der Waals surface area (Å²) in [7, 11) is 0. The molecule has 0 bridgehead atoms. The van der Waals surface area contributed by atoms with E-state index in [1.165, 1.54) is 0 Å². The van der Waals surface area contributed by atoms with Gasteiger partial charge >= 0.3 is 0 Å². The molecule has 2 atom stereocenters. The second-order valence-corrected chi connectivity index (χ2v) is 3.43. The molecule has 3 nitrogen and oxygen atoms in total. The van der Waals surface area contributed by atoms with Crippen molar-refractivity contribution in [2.75, 3.05) is 5.88 Å². The first-order valence-corrected chi connectivity index (χ1v) is 4.81. The number of carbonyl (C=O) groups is 1. The minimum Gasteiger partial charge on any atom is -0.391 e. The number of aliphatic hydroxyl groups excluding tert-OH is 1. The summed E-state index contributed by atoms with van der Waals surface area (Å²) >= 11 is 5.33. The topological polar surface area (TPSA) is 49.3 Å². The molecule has 2 N–H and O–H groups in total. The third kappa shape index (κ3) is 2.64. The van der Waals surface area contributed by atoms with Crippen LogP contribution >= 0.6 is 11.6 Å². The van der Waals surface area contributed by atoms with Crippen LogP contribution in [0, 0.1) is 0 Å². The van der Waals surface area contributed by atoms with Crippen LogP contribution in [0.2, 0.25) is 0 Å². The molecule has 0 aromatic carbocycles. The Labute approximate surface area is 77.1 Å². The minimum atomic E-state index is -0.383. The zero-order valence-corrected chi connectivity index (χ0v) is 7.68. The molecule has 0 aromatic rings. The molecule has 1 amide bonds. The first kappa shape index (κ1) is 9.81. The number of halogens is 1. The standard InChI is InChI=1S/C8H14ClNO2/c9-5-8(12)10-6-3-1-2-4-7(6)11/h6-7,11H,1-5H2,(H,10,12)/t6-,7+/m1/s1. The highest BCUT2D eigenvalue weighted by molar-refractivity contribution is 6.27. The number of hydrogen-bond donors (Lipinski definition) is 2. The summed E-state index contributed by atoms with van der Waals surface area (Å²) in [6, 6.07) is -0.0787. The molecule has 0 saturated heterocycles. The monoisotopic (exact) mass is 191 g/mol. The predicted octanol–water partition coefficient (Wildman–Crippen LogP) is 0.645. The van der Waals surface area contributed by atoms with E-state index in [9.17, 15) is 9.90 Å². The summed E-state index contributed by atoms with van der Waals surface area (Å²) in [4.78, 5) is 10.9. The lowest BCUT2D eigenvalue weighted by molar-refractivity contribution is -0.120. The molecular formula is C8H14ClNO2. The summed E-state index contributed by atoms with van der Waals surface area (Å²) in [5.41, 5.74) is 0. The predicted molar refractivity (Wildman–Crippen MR) is 47.1 cm³/mol. The molecule has 1 saturated carbocycles. The first-order valence-electron chi connectivity index (χ1n) is 4.27. The van der Waals surface area contributed by atoms with Crippen LogP contribution in [0.3, 0.4) is 0 Å². The van der Waals surface area contributed by atoms with Crippen LogP contribution in [0.4, 0.5) is 0 Å². The van der Waals surface area contributed by atoms with Gasteiger partial charge in [0.05, 0.1) is 12.1 Å². The Balaban J connectivity index is 2.33. The Bertz CT molecular complexity index is 163. The Morgan fingerprint density at radius 1 is 1.50 bits per heavy atom. The smallest absolute Gasteiger partial charge is 0.235 e. The number of rotatable bonds is 2. The lowest BCUT2D eigenvalue weighted by Gasteiger charge is -2.27. The van der Waals surface area contributed by atoms with Crippen molar-refractivity contribution < 1.29 is 9.90 Å². The summed E-state index contributed by atoms with van der Waals surface area (Å²) in [6.45, 7) is 0. The molecule has 0 spiro atoms. The van der Waals surface area contributed by atoms with E-state index >= 15 is 0 Å². The van der Waals surface area contributed by atoms with Gasteiger partial charge in [-0.05, 0) is 12.8 Å². The fraction of sp³-hybridized carbons (Fsp3) is 0.875. The van der Waals surface area contributed by atoms with E-state index in [-0.39, 0.29) is 23.9 Å². The van der Waals surface area contributed by atoms with E-state index in [1.807, 2.05) is 0 Å². The molecule has 1 aliphatic rings. The highest BCUT2D eigenvalue weighted by atomic mass is 35.5. The van der Waals surface area contributed by atoms with Crippen molar-refractivity contribution in [2.24, 2.45) is 0 Å². The van der Waals surface area contributed by atoms with Crippen LogP contribution < -0.4 is 5.32 Å². The lowest BCUT2D eigenvalue weighted by atomic mass is 9.93. The number of nitrogens with one attached hydrogen (secondary N) is 1. The van der Waals surface area contributed by atoms with Crippen molar-refractivity contribution in [2.45, 2.75) is 37.8 Å². The van der Waals surface area contributed by atoms with Crippen molar-refractivity contribution in [3.63, 3.8) is 0 Å². The fourth-order valence-electron chi connectivity index (χ4n) is 1.53. The van der Waals surface area contributed by atoms with E-state index in [4.69, 9.17) is 11.6 Å². The van der Waals surface area contributed by atoms with Crippen LogP contribution in [0.25, 0.3) is 0 Å². The molecule has 0 unspecified atom stereocenters. The first-order chi connectivity index (χ1) is 5.74. The van der Waals surface area contributed by atoms with Gasteiger partial charge in [0, 0.05) is 0 Å². The molecule has 0 aliphatic heterocycles. The molecule has 1 aliphatic carbocycles. The zero-order valence-electron chi connectivity index (χ0n) is 6.92. The van der Waals surface area contributed by atoms with Gasteiger partial charge in [0.1, 0.15) is 5.88 Å². The number of hydrogen-bond acceptors (Lipinski definition) is 2. The molecular weight excluding hydrogens is 178 g/mol. The second-order valence-electron chi connectivity index (χ2n) is 3.16. The van der Waals surface area contributed by atoms with Crippen LogP contribution in [-0.2, 0) is 4.79 Å². The molecule has 0 heterocycles. The van der Waals surface area contributed by atoms with E-state index in [1.54, 1.807) is 0 Å². The molecule has 0 aromatic heterocycles. The fourth-order valence-corrected chi connectivity index (χ4v) is 1.60. The van der Waals surface area contributed by atoms with E-state index < -0.39 is 0 Å². The average Bonchev–Trinajstić information content (AvgIpc) is 2.09. The molecule has 0 radical (unpaired) electrons. The number of amides is 1. The summed E-state index contributed by atoms with van der Waals surface area (Å²) in [5, 5.41) is 12.2. The van der Waals surface area contributed by atoms with E-state index in [2.05, 4.69) is 5.32 Å². The molecule has 1 rings (SSSR count). The molecule has 1 fully saturated rings. The van der Waals surface area contributed by atoms with E-state index in [0.29, 0.717) is 0 Å². The zero-order chi connectivity index (χ0) is 8.97. The second kappa shape index (κ2) is 4.67. The van der Waals surface area contributed by atoms with Crippen molar-refractivity contribution in [3.05, 3.63) is 0 Å². The number of aliphatic hydroxyl groups is 1. The minimum absolute atomic E-state index is 0.0246. The normalized spacial score (nSPS) is 29.8. The highest BCUT2D eigenvalue weighted by Crippen LogP contribution is 2.18. The van der Waals surface area contributed by atoms with Crippen molar-refractivity contribution in [1.82, 2.24) is 5.32 Å². The summed E-state index contributed by atoms with van der Waals surface area (Å²) in [6.07, 6.45) is 3.39. The lowest BCUT2D eigenvalue weighted by Crippen LogP contribution is -2.45. The van der Waals surface area contributed by atoms with Gasteiger partial charge in [-0.3, -0.25) is 4.79 Å². The maximum atomic E-state index is 10.9. The number of alkyl halides is 1. The van der Waals surface area contributed by atoms with Gasteiger partial charge in [-0.1, -0.05) is 12.8 Å². The van der Waals surface area contributed by atoms with Crippen LogP contribution in [-0.4, -0.2) is 29.0 Å². The summed E-state index contributed by atoms with van der Waals surface area (Å²) in [5.74, 6) is -0.217. The maximum Gasteiger partial charge on any atom is 0.235 e. The SMILES string of the molecule is O=C(CCl)N[C@@H]1CCCC[C@@H]1O. The Morgan fingerprint density at radius 3 is 2.75 bits per heavy atom. The van der Waals surface area contributed by atoms with Gasteiger partial charge in [-0.25, -0.2) is 0 Å². The van der Waals surface area contributed by atoms with Gasteiger partial charge < -0.3 is 10.4 Å². The van der Waals surface area contributed by atoms with E-state index in [0.717, 1.165) is 25.7 Å². The molecule has 12 heavy (non-hydrogen) atoms. The van der Waals surface area contributed by atoms with Gasteiger partial charge in [0.25, 0.3) is 0 Å². The van der Waals surface area contributed by atoms with Crippen molar-refractivity contribution in [3.8, 4) is 0 Å². The Hall–Kier alpha value is -0.280. The Kier molecular flexibility index (Phi) is 3.82. The third-order valence-corrected chi connectivity index (χ3v) is 2.44. The maximum absolute atomic E-state index is 10.9. The Morgan fingerprint density at radius 2 is 2.17 bits per heavy atom. The van der Waals surface area contributed by atoms with Gasteiger partial charge in [-0.2, -0.15) is 0 Å². The van der Waals surface area contributed by atoms with Crippen LogP contribution in [0.1, 0.15) is 25.7 Å². The molecule has 70 valence electrons. The van der Waals surface area contributed by atoms with Crippen molar-refractivity contribution >= 4 is 17.5 Å². The van der Waals surface area contributed by atoms with Gasteiger partial charge in [-0.15, -0.1) is 11.6 Å². The summed E-state index contributed by atoms with van der Waals surface area (Å²) < 4.78 is 0. The van der Waals surface area contributed by atoms with Gasteiger partial charge in [0.2, 0.25) is 5.91 Å². The number of carbonyl (C=O) groups excluding carboxylic acids is 1. The molecule has 4 heteroatoms. The third-order valence-electron chi connectivity index (χ3n) is 2.20. The highest BCUT2D eigenvalue weighted by Gasteiger charge is 2.23. The average molecular weight is 192 g/mol. The quantitative estimate of drug-likeness (QED) is 0.630. The largest absolute Gasteiger partial charge is 0.391 e.